The van der Waals surface area contributed by atoms with Crippen LogP contribution in [0, 0.1) is 6.92 Å². The Morgan fingerprint density at radius 2 is 1.74 bits per heavy atom. The minimum absolute atomic E-state index is 0.0849. The van der Waals surface area contributed by atoms with Gasteiger partial charge in [0.2, 0.25) is 0 Å². The first kappa shape index (κ1) is 20.1. The van der Waals surface area contributed by atoms with Crippen LogP contribution in [0.2, 0.25) is 0 Å². The average Bonchev–Trinajstić information content (AvgIpc) is 2.61. The molecule has 1 amide bonds. The number of carbonyl (C=O) groups excluding carboxylic acids is 2. The summed E-state index contributed by atoms with van der Waals surface area (Å²) >= 11 is 0. The SMILES string of the molecule is COC(=O)C(=O)Nc1ccc(C)c(OCc2ccc(OC(F)(F)F)cc2)c1. The number of nitrogens with one attached hydrogen (secondary N) is 1. The number of amides is 1. The molecule has 2 rings (SSSR count). The maximum atomic E-state index is 12.2. The lowest BCUT2D eigenvalue weighted by atomic mass is 10.2. The molecule has 2 aromatic carbocycles. The van der Waals surface area contributed by atoms with Gasteiger partial charge in [0.1, 0.15) is 18.1 Å². The number of alkyl halides is 3. The quantitative estimate of drug-likeness (QED) is 0.631. The Morgan fingerprint density at radius 3 is 2.33 bits per heavy atom. The van der Waals surface area contributed by atoms with E-state index in [9.17, 15) is 22.8 Å². The molecule has 144 valence electrons. The first-order chi connectivity index (χ1) is 12.7. The van der Waals surface area contributed by atoms with E-state index in [1.807, 2.05) is 0 Å². The molecule has 6 nitrogen and oxygen atoms in total. The van der Waals surface area contributed by atoms with Crippen LogP contribution in [0.3, 0.4) is 0 Å². The van der Waals surface area contributed by atoms with Gasteiger partial charge in [-0.1, -0.05) is 18.2 Å². The summed E-state index contributed by atoms with van der Waals surface area (Å²) in [5, 5.41) is 2.37. The summed E-state index contributed by atoms with van der Waals surface area (Å²) in [7, 11) is 1.09. The number of esters is 1. The molecule has 0 atom stereocenters. The van der Waals surface area contributed by atoms with Gasteiger partial charge in [0, 0.05) is 11.8 Å². The van der Waals surface area contributed by atoms with Gasteiger partial charge in [0.05, 0.1) is 7.11 Å². The van der Waals surface area contributed by atoms with Crippen molar-refractivity contribution in [2.24, 2.45) is 0 Å². The fourth-order valence-corrected chi connectivity index (χ4v) is 2.06. The summed E-state index contributed by atoms with van der Waals surface area (Å²) in [5.74, 6) is -1.84. The fraction of sp³-hybridized carbons (Fsp3) is 0.222. The van der Waals surface area contributed by atoms with Gasteiger partial charge in [-0.25, -0.2) is 4.79 Å². The van der Waals surface area contributed by atoms with E-state index in [0.29, 0.717) is 17.0 Å². The summed E-state index contributed by atoms with van der Waals surface area (Å²) in [6.07, 6.45) is -4.75. The van der Waals surface area contributed by atoms with Crippen LogP contribution in [0.1, 0.15) is 11.1 Å². The molecule has 0 saturated carbocycles. The molecule has 0 spiro atoms. The van der Waals surface area contributed by atoms with Crippen LogP contribution in [-0.2, 0) is 20.9 Å². The normalized spacial score (nSPS) is 10.9. The van der Waals surface area contributed by atoms with Crippen LogP contribution in [0.4, 0.5) is 18.9 Å². The molecule has 0 saturated heterocycles. The number of rotatable bonds is 5. The lowest BCUT2D eigenvalue weighted by molar-refractivity contribution is -0.274. The molecule has 0 unspecified atom stereocenters. The summed E-state index contributed by atoms with van der Waals surface area (Å²) in [5.41, 5.74) is 1.72. The van der Waals surface area contributed by atoms with E-state index in [-0.39, 0.29) is 12.4 Å². The van der Waals surface area contributed by atoms with E-state index in [1.165, 1.54) is 30.3 Å². The molecule has 0 aliphatic heterocycles. The number of anilines is 1. The van der Waals surface area contributed by atoms with Gasteiger partial charge in [-0.3, -0.25) is 4.79 Å². The molecule has 0 heterocycles. The van der Waals surface area contributed by atoms with Crippen molar-refractivity contribution >= 4 is 17.6 Å². The minimum Gasteiger partial charge on any atom is -0.489 e. The summed E-state index contributed by atoms with van der Waals surface area (Å²) in [6.45, 7) is 1.86. The molecule has 27 heavy (non-hydrogen) atoms. The summed E-state index contributed by atoms with van der Waals surface area (Å²) in [4.78, 5) is 22.7. The molecule has 0 aliphatic carbocycles. The Balaban J connectivity index is 2.01. The highest BCUT2D eigenvalue weighted by Gasteiger charge is 2.30. The van der Waals surface area contributed by atoms with Crippen LogP contribution < -0.4 is 14.8 Å². The first-order valence-electron chi connectivity index (χ1n) is 7.65. The Hall–Kier alpha value is -3.23. The maximum Gasteiger partial charge on any atom is 0.573 e. The van der Waals surface area contributed by atoms with Crippen molar-refractivity contribution < 1.29 is 37.0 Å². The van der Waals surface area contributed by atoms with Crippen molar-refractivity contribution in [3.8, 4) is 11.5 Å². The first-order valence-corrected chi connectivity index (χ1v) is 7.65. The van der Waals surface area contributed by atoms with Gasteiger partial charge in [-0.15, -0.1) is 13.2 Å². The zero-order valence-corrected chi connectivity index (χ0v) is 14.4. The monoisotopic (exact) mass is 383 g/mol. The van der Waals surface area contributed by atoms with Crippen molar-refractivity contribution in [1.29, 1.82) is 0 Å². The second-order valence-electron chi connectivity index (χ2n) is 5.41. The fourth-order valence-electron chi connectivity index (χ4n) is 2.06. The zero-order chi connectivity index (χ0) is 20.0. The topological polar surface area (TPSA) is 73.9 Å². The van der Waals surface area contributed by atoms with Crippen molar-refractivity contribution in [1.82, 2.24) is 0 Å². The maximum absolute atomic E-state index is 12.2. The molecular weight excluding hydrogens is 367 g/mol. The van der Waals surface area contributed by atoms with E-state index in [2.05, 4.69) is 14.8 Å². The summed E-state index contributed by atoms with van der Waals surface area (Å²) in [6, 6.07) is 10.1. The third-order valence-corrected chi connectivity index (χ3v) is 3.37. The van der Waals surface area contributed by atoms with Gasteiger partial charge >= 0.3 is 18.2 Å². The highest BCUT2D eigenvalue weighted by atomic mass is 19.4. The van der Waals surface area contributed by atoms with Crippen molar-refractivity contribution in [2.45, 2.75) is 19.9 Å². The lowest BCUT2D eigenvalue weighted by Gasteiger charge is -2.12. The third-order valence-electron chi connectivity index (χ3n) is 3.37. The number of halogens is 3. The van der Waals surface area contributed by atoms with Crippen LogP contribution >= 0.6 is 0 Å². The molecule has 0 fully saturated rings. The van der Waals surface area contributed by atoms with E-state index in [1.54, 1.807) is 19.1 Å². The van der Waals surface area contributed by atoms with E-state index < -0.39 is 18.2 Å². The second kappa shape index (κ2) is 8.43. The largest absolute Gasteiger partial charge is 0.573 e. The Labute approximate surface area is 152 Å². The standard InChI is InChI=1S/C18H16F3NO5/c1-11-3-6-13(22-16(23)17(24)25-2)9-15(11)26-10-12-4-7-14(8-5-12)27-18(19,20)21/h3-9H,10H2,1-2H3,(H,22,23). The number of methoxy groups -OCH3 is 1. The van der Waals surface area contributed by atoms with Crippen molar-refractivity contribution in [2.75, 3.05) is 12.4 Å². The smallest absolute Gasteiger partial charge is 0.489 e. The minimum atomic E-state index is -4.75. The summed E-state index contributed by atoms with van der Waals surface area (Å²) < 4.78 is 50.2. The number of ether oxygens (including phenoxy) is 3. The van der Waals surface area contributed by atoms with E-state index in [4.69, 9.17) is 4.74 Å². The lowest BCUT2D eigenvalue weighted by Crippen LogP contribution is -2.23. The highest BCUT2D eigenvalue weighted by molar-refractivity contribution is 6.37. The average molecular weight is 383 g/mol. The molecule has 0 radical (unpaired) electrons. The predicted molar refractivity (Wildman–Crippen MR) is 89.3 cm³/mol. The number of aryl methyl sites for hydroxylation is 1. The highest BCUT2D eigenvalue weighted by Crippen LogP contribution is 2.25. The van der Waals surface area contributed by atoms with Crippen LogP contribution in [-0.4, -0.2) is 25.3 Å². The second-order valence-corrected chi connectivity index (χ2v) is 5.41. The predicted octanol–water partition coefficient (Wildman–Crippen LogP) is 3.58. The van der Waals surface area contributed by atoms with E-state index >= 15 is 0 Å². The van der Waals surface area contributed by atoms with Gasteiger partial charge in [-0.2, -0.15) is 0 Å². The number of hydrogen-bond donors (Lipinski definition) is 1. The van der Waals surface area contributed by atoms with Crippen molar-refractivity contribution in [3.05, 3.63) is 53.6 Å². The number of hydrogen-bond acceptors (Lipinski definition) is 5. The zero-order valence-electron chi connectivity index (χ0n) is 14.4. The van der Waals surface area contributed by atoms with Gasteiger partial charge in [0.25, 0.3) is 0 Å². The number of benzene rings is 2. The molecule has 0 aliphatic rings. The molecule has 0 aromatic heterocycles. The third kappa shape index (κ3) is 6.21. The molecule has 9 heteroatoms. The van der Waals surface area contributed by atoms with Crippen LogP contribution in [0.25, 0.3) is 0 Å². The van der Waals surface area contributed by atoms with Gasteiger partial charge in [-0.05, 0) is 36.2 Å². The van der Waals surface area contributed by atoms with Crippen LogP contribution in [0.5, 0.6) is 11.5 Å². The molecular formula is C18H16F3NO5. The Morgan fingerprint density at radius 1 is 1.07 bits per heavy atom. The van der Waals surface area contributed by atoms with Crippen molar-refractivity contribution in [3.63, 3.8) is 0 Å². The molecule has 0 bridgehead atoms. The van der Waals surface area contributed by atoms with Gasteiger partial charge < -0.3 is 19.5 Å². The van der Waals surface area contributed by atoms with Gasteiger partial charge in [0.15, 0.2) is 0 Å². The van der Waals surface area contributed by atoms with E-state index in [0.717, 1.165) is 12.7 Å². The Kier molecular flexibility index (Phi) is 6.27. The molecule has 1 N–H and O–H groups in total. The van der Waals surface area contributed by atoms with Crippen LogP contribution in [0.15, 0.2) is 42.5 Å². The molecule has 2 aromatic rings. The number of carbonyl (C=O) groups is 2. The Bertz CT molecular complexity index is 819.